The van der Waals surface area contributed by atoms with Crippen molar-refractivity contribution in [3.63, 3.8) is 0 Å². The molecule has 1 aliphatic carbocycles. The highest BCUT2D eigenvalue weighted by molar-refractivity contribution is 5.62. The summed E-state index contributed by atoms with van der Waals surface area (Å²) in [7, 11) is 0. The summed E-state index contributed by atoms with van der Waals surface area (Å²) in [4.78, 5) is 0. The van der Waals surface area contributed by atoms with Gasteiger partial charge in [-0.05, 0) is 25.0 Å². The predicted molar refractivity (Wildman–Crippen MR) is 66.2 cm³/mol. The van der Waals surface area contributed by atoms with E-state index in [0.29, 0.717) is 24.0 Å². The fourth-order valence-electron chi connectivity index (χ4n) is 1.80. The summed E-state index contributed by atoms with van der Waals surface area (Å²) in [5.74, 6) is 0.625. The molecule has 1 heterocycles. The Bertz CT molecular complexity index is 585. The molecule has 0 saturated heterocycles. The van der Waals surface area contributed by atoms with Crippen LogP contribution in [0.15, 0.2) is 28.7 Å². The van der Waals surface area contributed by atoms with Gasteiger partial charge in [-0.25, -0.2) is 0 Å². The zero-order valence-electron chi connectivity index (χ0n) is 10.6. The van der Waals surface area contributed by atoms with Crippen LogP contribution in [0.4, 0.5) is 8.78 Å². The first-order chi connectivity index (χ1) is 9.72. The third-order valence-electron chi connectivity index (χ3n) is 2.92. The molecule has 1 aromatic carbocycles. The molecule has 0 amide bonds. The molecule has 1 aliphatic rings. The Labute approximate surface area is 114 Å². The fraction of sp³-hybridized carbons (Fsp3) is 0.385. The molecular weight excluding hydrogens is 268 g/mol. The van der Waals surface area contributed by atoms with Crippen molar-refractivity contribution in [2.75, 3.05) is 0 Å². The van der Waals surface area contributed by atoms with Crippen LogP contribution < -0.4 is 10.1 Å². The van der Waals surface area contributed by atoms with Crippen molar-refractivity contribution in [3.8, 4) is 17.2 Å². The quantitative estimate of drug-likeness (QED) is 0.881. The molecule has 1 fully saturated rings. The normalized spacial score (nSPS) is 14.8. The number of hydrogen-bond donors (Lipinski definition) is 1. The summed E-state index contributed by atoms with van der Waals surface area (Å²) in [5.41, 5.74) is 0.359. The average Bonchev–Trinajstić information content (AvgIpc) is 3.14. The molecule has 7 heteroatoms. The van der Waals surface area contributed by atoms with E-state index in [0.717, 1.165) is 12.8 Å². The van der Waals surface area contributed by atoms with E-state index >= 15 is 0 Å². The van der Waals surface area contributed by atoms with Crippen molar-refractivity contribution in [2.45, 2.75) is 32.0 Å². The van der Waals surface area contributed by atoms with Crippen LogP contribution in [-0.2, 0) is 6.54 Å². The van der Waals surface area contributed by atoms with Gasteiger partial charge in [-0.1, -0.05) is 12.1 Å². The molecule has 1 aromatic heterocycles. The highest BCUT2D eigenvalue weighted by atomic mass is 19.3. The number of nitrogens with one attached hydrogen (secondary N) is 1. The Kier molecular flexibility index (Phi) is 3.60. The summed E-state index contributed by atoms with van der Waals surface area (Å²) >= 11 is 0. The lowest BCUT2D eigenvalue weighted by Crippen LogP contribution is -2.15. The van der Waals surface area contributed by atoms with Gasteiger partial charge in [0.05, 0.1) is 12.1 Å². The number of hydrogen-bond acceptors (Lipinski definition) is 5. The molecule has 0 aliphatic heterocycles. The van der Waals surface area contributed by atoms with E-state index in [2.05, 4.69) is 20.3 Å². The molecule has 20 heavy (non-hydrogen) atoms. The largest absolute Gasteiger partial charge is 0.434 e. The summed E-state index contributed by atoms with van der Waals surface area (Å²) in [5, 5.41) is 11.0. The molecule has 0 spiro atoms. The van der Waals surface area contributed by atoms with E-state index in [9.17, 15) is 8.78 Å². The van der Waals surface area contributed by atoms with Crippen molar-refractivity contribution in [3.05, 3.63) is 30.2 Å². The van der Waals surface area contributed by atoms with Crippen LogP contribution in [0.5, 0.6) is 5.75 Å². The van der Waals surface area contributed by atoms with Crippen LogP contribution in [-0.4, -0.2) is 22.9 Å². The van der Waals surface area contributed by atoms with Gasteiger partial charge in [-0.2, -0.15) is 8.78 Å². The highest BCUT2D eigenvalue weighted by Gasteiger charge is 2.21. The second kappa shape index (κ2) is 5.54. The smallest absolute Gasteiger partial charge is 0.387 e. The number of nitrogens with zero attached hydrogens (tertiary/aromatic N) is 2. The minimum atomic E-state index is -2.89. The maximum Gasteiger partial charge on any atom is 0.387 e. The number of ether oxygens (including phenoxy) is 1. The van der Waals surface area contributed by atoms with Gasteiger partial charge < -0.3 is 14.5 Å². The fourth-order valence-corrected chi connectivity index (χ4v) is 1.80. The van der Waals surface area contributed by atoms with Gasteiger partial charge in [-0.3, -0.25) is 0 Å². The van der Waals surface area contributed by atoms with Gasteiger partial charge in [0.1, 0.15) is 5.75 Å². The predicted octanol–water partition coefficient (Wildman–Crippen LogP) is 2.59. The van der Waals surface area contributed by atoms with E-state index < -0.39 is 6.61 Å². The lowest BCUT2D eigenvalue weighted by atomic mass is 10.2. The zero-order valence-corrected chi connectivity index (χ0v) is 10.6. The van der Waals surface area contributed by atoms with Gasteiger partial charge in [-0.15, -0.1) is 10.2 Å². The number of benzene rings is 1. The Hall–Kier alpha value is -2.02. The van der Waals surface area contributed by atoms with Crippen molar-refractivity contribution >= 4 is 0 Å². The Morgan fingerprint density at radius 3 is 2.85 bits per heavy atom. The monoisotopic (exact) mass is 281 g/mol. The molecule has 1 saturated carbocycles. The van der Waals surface area contributed by atoms with Gasteiger partial charge in [0.2, 0.25) is 5.89 Å². The topological polar surface area (TPSA) is 60.2 Å². The van der Waals surface area contributed by atoms with E-state index in [1.165, 1.54) is 6.07 Å². The molecule has 3 rings (SSSR count). The molecule has 2 aromatic rings. The van der Waals surface area contributed by atoms with Crippen LogP contribution in [0, 0.1) is 0 Å². The molecular formula is C13H13F2N3O2. The van der Waals surface area contributed by atoms with Gasteiger partial charge in [0.25, 0.3) is 5.89 Å². The first kappa shape index (κ1) is 13.0. The van der Waals surface area contributed by atoms with E-state index in [1.807, 2.05) is 0 Å². The number of aromatic nitrogens is 2. The number of para-hydroxylation sites is 1. The Morgan fingerprint density at radius 1 is 1.30 bits per heavy atom. The first-order valence-electron chi connectivity index (χ1n) is 6.32. The van der Waals surface area contributed by atoms with Gasteiger partial charge in [0.15, 0.2) is 0 Å². The lowest BCUT2D eigenvalue weighted by molar-refractivity contribution is -0.0495. The van der Waals surface area contributed by atoms with Crippen LogP contribution in [0.1, 0.15) is 18.7 Å². The van der Waals surface area contributed by atoms with Crippen molar-refractivity contribution in [1.29, 1.82) is 0 Å². The zero-order chi connectivity index (χ0) is 13.9. The molecule has 5 nitrogen and oxygen atoms in total. The minimum Gasteiger partial charge on any atom is -0.434 e. The maximum atomic E-state index is 12.3. The Balaban J connectivity index is 1.77. The third-order valence-corrected chi connectivity index (χ3v) is 2.92. The molecule has 106 valence electrons. The van der Waals surface area contributed by atoms with E-state index in [-0.39, 0.29) is 11.6 Å². The minimum absolute atomic E-state index is 0.0212. The molecule has 0 atom stereocenters. The SMILES string of the molecule is FC(F)Oc1ccccc1-c1nnc(CNC2CC2)o1. The average molecular weight is 281 g/mol. The summed E-state index contributed by atoms with van der Waals surface area (Å²) in [6.45, 7) is -2.41. The highest BCUT2D eigenvalue weighted by Crippen LogP contribution is 2.30. The van der Waals surface area contributed by atoms with Crippen LogP contribution >= 0.6 is 0 Å². The van der Waals surface area contributed by atoms with Gasteiger partial charge in [0, 0.05) is 6.04 Å². The first-order valence-corrected chi connectivity index (χ1v) is 6.32. The summed E-state index contributed by atoms with van der Waals surface area (Å²) in [6.07, 6.45) is 2.32. The summed E-state index contributed by atoms with van der Waals surface area (Å²) in [6, 6.07) is 6.87. The lowest BCUT2D eigenvalue weighted by Gasteiger charge is -2.07. The van der Waals surface area contributed by atoms with Crippen molar-refractivity contribution in [1.82, 2.24) is 15.5 Å². The number of alkyl halides is 2. The maximum absolute atomic E-state index is 12.3. The molecule has 0 radical (unpaired) electrons. The van der Waals surface area contributed by atoms with Crippen LogP contribution in [0.2, 0.25) is 0 Å². The van der Waals surface area contributed by atoms with E-state index in [1.54, 1.807) is 18.2 Å². The second-order valence-electron chi connectivity index (χ2n) is 4.53. The summed E-state index contributed by atoms with van der Waals surface area (Å²) < 4.78 is 34.6. The van der Waals surface area contributed by atoms with E-state index in [4.69, 9.17) is 4.42 Å². The van der Waals surface area contributed by atoms with Gasteiger partial charge >= 0.3 is 6.61 Å². The van der Waals surface area contributed by atoms with Crippen LogP contribution in [0.25, 0.3) is 11.5 Å². The molecule has 0 bridgehead atoms. The van der Waals surface area contributed by atoms with Crippen LogP contribution in [0.3, 0.4) is 0 Å². The third kappa shape index (κ3) is 3.11. The Morgan fingerprint density at radius 2 is 2.10 bits per heavy atom. The van der Waals surface area contributed by atoms with Crippen molar-refractivity contribution < 1.29 is 17.9 Å². The number of halogens is 2. The molecule has 1 N–H and O–H groups in total. The standard InChI is InChI=1S/C13H13F2N3O2/c14-13(15)19-10-4-2-1-3-9(10)12-18-17-11(20-12)7-16-8-5-6-8/h1-4,8,13,16H,5-7H2. The molecule has 0 unspecified atom stereocenters. The second-order valence-corrected chi connectivity index (χ2v) is 4.53. The number of rotatable bonds is 6. The van der Waals surface area contributed by atoms with Crippen molar-refractivity contribution in [2.24, 2.45) is 0 Å².